The highest BCUT2D eigenvalue weighted by Gasteiger charge is 2.37. The second-order valence-corrected chi connectivity index (χ2v) is 13.9. The second kappa shape index (κ2) is 11.0. The minimum atomic E-state index is -0.0546. The lowest BCUT2D eigenvalue weighted by molar-refractivity contribution is 0.286. The fraction of sp³-hybridized carbons (Fsp3) is 0.227. The van der Waals surface area contributed by atoms with E-state index in [0.29, 0.717) is 0 Å². The Morgan fingerprint density at radius 3 is 1.83 bits per heavy atom. The van der Waals surface area contributed by atoms with Gasteiger partial charge in [0.15, 0.2) is 0 Å². The first-order valence-corrected chi connectivity index (χ1v) is 17.7. The topological polar surface area (TPSA) is 43.2 Å². The van der Waals surface area contributed by atoms with E-state index in [9.17, 15) is 0 Å². The first-order chi connectivity index (χ1) is 23.8. The van der Waals surface area contributed by atoms with Gasteiger partial charge in [0.2, 0.25) is 0 Å². The molecule has 1 aliphatic carbocycles. The summed E-state index contributed by atoms with van der Waals surface area (Å²) in [7, 11) is 0. The predicted octanol–water partition coefficient (Wildman–Crippen LogP) is 12.0. The molecule has 4 heterocycles. The first kappa shape index (κ1) is 28.0. The Labute approximate surface area is 279 Å². The van der Waals surface area contributed by atoms with E-state index >= 15 is 0 Å². The quantitative estimate of drug-likeness (QED) is 0.208. The zero-order chi connectivity index (χ0) is 31.7. The molecule has 5 aromatic carbocycles. The third-order valence-corrected chi connectivity index (χ3v) is 11.1. The maximum absolute atomic E-state index is 6.57. The van der Waals surface area contributed by atoms with Crippen LogP contribution in [0.2, 0.25) is 0 Å². The van der Waals surface area contributed by atoms with E-state index in [4.69, 9.17) is 8.83 Å². The van der Waals surface area contributed by atoms with Crippen molar-refractivity contribution in [3.05, 3.63) is 121 Å². The van der Waals surface area contributed by atoms with Crippen molar-refractivity contribution in [1.82, 2.24) is 9.88 Å². The summed E-state index contributed by atoms with van der Waals surface area (Å²) in [5.41, 5.74) is 10.0. The van der Waals surface area contributed by atoms with E-state index < -0.39 is 0 Å². The summed E-state index contributed by atoms with van der Waals surface area (Å²) in [5, 5.41) is 10.0. The maximum Gasteiger partial charge on any atom is 0.135 e. The molecule has 0 bridgehead atoms. The Morgan fingerprint density at radius 1 is 0.542 bits per heavy atom. The molecular formula is C44H38N2O2. The van der Waals surface area contributed by atoms with Gasteiger partial charge in [-0.15, -0.1) is 0 Å². The van der Waals surface area contributed by atoms with Crippen LogP contribution in [0.1, 0.15) is 62.7 Å². The van der Waals surface area contributed by atoms with Gasteiger partial charge in [-0.25, -0.2) is 0 Å². The normalized spacial score (nSPS) is 16.8. The minimum absolute atomic E-state index is 0.0546. The van der Waals surface area contributed by atoms with E-state index in [0.717, 1.165) is 58.4 Å². The van der Waals surface area contributed by atoms with Gasteiger partial charge in [-0.1, -0.05) is 93.1 Å². The van der Waals surface area contributed by atoms with Crippen molar-refractivity contribution < 1.29 is 8.83 Å². The molecule has 1 N–H and O–H groups in total. The van der Waals surface area contributed by atoms with Crippen molar-refractivity contribution in [3.63, 3.8) is 0 Å². The van der Waals surface area contributed by atoms with Gasteiger partial charge < -0.3 is 18.7 Å². The summed E-state index contributed by atoms with van der Waals surface area (Å²) >= 11 is 0. The van der Waals surface area contributed by atoms with Crippen molar-refractivity contribution in [3.8, 4) is 16.8 Å². The molecule has 3 aromatic heterocycles. The molecule has 0 saturated heterocycles. The molecule has 0 radical (unpaired) electrons. The average Bonchev–Trinajstić information content (AvgIpc) is 3.77. The second-order valence-electron chi connectivity index (χ2n) is 13.9. The number of hydrogen-bond acceptors (Lipinski definition) is 3. The van der Waals surface area contributed by atoms with Gasteiger partial charge in [0.25, 0.3) is 0 Å². The van der Waals surface area contributed by atoms with Gasteiger partial charge in [-0.2, -0.15) is 0 Å². The van der Waals surface area contributed by atoms with Crippen molar-refractivity contribution in [2.45, 2.75) is 56.9 Å². The molecule has 1 spiro atoms. The number of nitrogens with zero attached hydrogens (tertiary/aromatic N) is 1. The van der Waals surface area contributed by atoms with Gasteiger partial charge in [0.05, 0.1) is 11.0 Å². The van der Waals surface area contributed by atoms with Crippen molar-refractivity contribution in [1.29, 1.82) is 0 Å². The van der Waals surface area contributed by atoms with Crippen LogP contribution in [-0.2, 0) is 5.54 Å². The van der Waals surface area contributed by atoms with Crippen LogP contribution in [0.3, 0.4) is 0 Å². The molecule has 10 rings (SSSR count). The summed E-state index contributed by atoms with van der Waals surface area (Å²) < 4.78 is 15.4. The molecule has 1 saturated carbocycles. The number of benzene rings is 5. The lowest BCUT2D eigenvalue weighted by Crippen LogP contribution is -2.42. The van der Waals surface area contributed by atoms with E-state index in [1.165, 1.54) is 82.4 Å². The first-order valence-electron chi connectivity index (χ1n) is 17.7. The average molecular weight is 627 g/mol. The van der Waals surface area contributed by atoms with E-state index in [-0.39, 0.29) is 5.54 Å². The molecule has 0 amide bonds. The van der Waals surface area contributed by atoms with E-state index in [1.807, 2.05) is 0 Å². The maximum atomic E-state index is 6.57. The summed E-state index contributed by atoms with van der Waals surface area (Å²) in [6.45, 7) is 0.881. The van der Waals surface area contributed by atoms with Gasteiger partial charge in [-0.05, 0) is 84.6 Å². The van der Waals surface area contributed by atoms with Gasteiger partial charge in [0.1, 0.15) is 22.5 Å². The molecule has 48 heavy (non-hydrogen) atoms. The number of aromatic nitrogens is 1. The molecule has 1 fully saturated rings. The number of para-hydroxylation sites is 2. The van der Waals surface area contributed by atoms with Crippen molar-refractivity contribution in [2.24, 2.45) is 0 Å². The smallest absolute Gasteiger partial charge is 0.135 e. The Balaban J connectivity index is 1.12. The summed E-state index contributed by atoms with van der Waals surface area (Å²) in [4.78, 5) is 0. The third kappa shape index (κ3) is 4.32. The van der Waals surface area contributed by atoms with Crippen LogP contribution in [0.25, 0.3) is 77.6 Å². The Morgan fingerprint density at radius 2 is 1.12 bits per heavy atom. The largest absolute Gasteiger partial charge is 0.456 e. The predicted molar refractivity (Wildman–Crippen MR) is 199 cm³/mol. The Bertz CT molecular complexity index is 2480. The summed E-state index contributed by atoms with van der Waals surface area (Å²) in [5.74, 6) is 1.03. The molecule has 1 aliphatic heterocycles. The molecule has 236 valence electrons. The van der Waals surface area contributed by atoms with Crippen LogP contribution in [0, 0.1) is 0 Å². The monoisotopic (exact) mass is 626 g/mol. The van der Waals surface area contributed by atoms with Gasteiger partial charge in [-0.3, -0.25) is 0 Å². The Kier molecular flexibility index (Phi) is 6.42. The molecule has 0 unspecified atom stereocenters. The molecule has 0 atom stereocenters. The molecule has 4 heteroatoms. The SMILES string of the molecule is C1=Cc2oc3ccc(-c4ccc5oc6ccc(-n7c8ccccc8c8ccccc87)cc6c5c4)cc3c2C2(CCCCCCCC2)NC1. The molecule has 2 aliphatic rings. The third-order valence-electron chi connectivity index (χ3n) is 11.1. The van der Waals surface area contributed by atoms with Crippen LogP contribution < -0.4 is 5.32 Å². The lowest BCUT2D eigenvalue weighted by atomic mass is 9.79. The minimum Gasteiger partial charge on any atom is -0.456 e. The zero-order valence-electron chi connectivity index (χ0n) is 27.1. The number of rotatable bonds is 2. The highest BCUT2D eigenvalue weighted by atomic mass is 16.3. The van der Waals surface area contributed by atoms with Crippen LogP contribution in [0.15, 0.2) is 118 Å². The summed E-state index contributed by atoms with van der Waals surface area (Å²) in [6, 6.07) is 37.4. The van der Waals surface area contributed by atoms with Crippen LogP contribution in [-0.4, -0.2) is 11.1 Å². The van der Waals surface area contributed by atoms with Gasteiger partial charge >= 0.3 is 0 Å². The molecule has 4 nitrogen and oxygen atoms in total. The number of fused-ring (bicyclic) bond motifs is 10. The van der Waals surface area contributed by atoms with Gasteiger partial charge in [0, 0.05) is 50.3 Å². The Hall–Kier alpha value is -5.06. The fourth-order valence-electron chi connectivity index (χ4n) is 8.81. The lowest BCUT2D eigenvalue weighted by Gasteiger charge is -2.34. The number of furan rings is 2. The highest BCUT2D eigenvalue weighted by molar-refractivity contribution is 6.11. The standard InChI is InChI=1S/C44H38N2O2/c1-2-4-10-24-44(23-9-3-1)43-36-27-30(18-21-41(36)48-42(43)16-11-25-45-44)29-17-20-39-34(26-29)35-28-31(19-22-40(35)47-39)46-37-14-7-5-12-32(37)33-13-6-8-15-38(33)46/h5-8,11-22,26-28,45H,1-4,9-10,23-25H2. The summed E-state index contributed by atoms with van der Waals surface area (Å²) in [6.07, 6.45) is 14.6. The molecular weight excluding hydrogens is 588 g/mol. The van der Waals surface area contributed by atoms with E-state index in [2.05, 4.69) is 125 Å². The fourth-order valence-corrected chi connectivity index (χ4v) is 8.81. The van der Waals surface area contributed by atoms with E-state index in [1.54, 1.807) is 0 Å². The van der Waals surface area contributed by atoms with Crippen LogP contribution in [0.4, 0.5) is 0 Å². The van der Waals surface area contributed by atoms with Crippen molar-refractivity contribution >= 4 is 60.8 Å². The number of nitrogens with one attached hydrogen (secondary N) is 1. The van der Waals surface area contributed by atoms with Crippen LogP contribution >= 0.6 is 0 Å². The van der Waals surface area contributed by atoms with Crippen LogP contribution in [0.5, 0.6) is 0 Å². The molecule has 8 aromatic rings. The van der Waals surface area contributed by atoms with Crippen molar-refractivity contribution in [2.75, 3.05) is 6.54 Å². The number of hydrogen-bond donors (Lipinski definition) is 1. The highest BCUT2D eigenvalue weighted by Crippen LogP contribution is 2.45. The zero-order valence-corrected chi connectivity index (χ0v) is 27.1.